The zero-order valence-electron chi connectivity index (χ0n) is 26.9. The van der Waals surface area contributed by atoms with Crippen molar-refractivity contribution in [2.45, 2.75) is 0 Å². The number of hydrogen-bond donors (Lipinski definition) is 0. The van der Waals surface area contributed by atoms with Gasteiger partial charge in [0.05, 0.1) is 11.0 Å². The second-order valence-electron chi connectivity index (χ2n) is 12.5. The average Bonchev–Trinajstić information content (AvgIpc) is 3.73. The summed E-state index contributed by atoms with van der Waals surface area (Å²) in [5, 5.41) is 4.46. The molecule has 0 aliphatic rings. The molecule has 0 fully saturated rings. The van der Waals surface area contributed by atoms with E-state index >= 15 is 0 Å². The molecule has 0 spiro atoms. The highest BCUT2D eigenvalue weighted by Crippen LogP contribution is 2.40. The van der Waals surface area contributed by atoms with E-state index in [0.717, 1.165) is 66.1 Å². The molecule has 3 aromatic heterocycles. The highest BCUT2D eigenvalue weighted by atomic mass is 16.3. The molecule has 50 heavy (non-hydrogen) atoms. The summed E-state index contributed by atoms with van der Waals surface area (Å²) in [4.78, 5) is 15.2. The first-order valence-corrected chi connectivity index (χ1v) is 16.7. The van der Waals surface area contributed by atoms with Crippen molar-refractivity contribution < 1.29 is 4.42 Å². The summed E-state index contributed by atoms with van der Waals surface area (Å²) in [7, 11) is 0. The molecule has 234 valence electrons. The molecule has 0 saturated carbocycles. The number of hydrogen-bond acceptors (Lipinski definition) is 4. The maximum Gasteiger partial charge on any atom is 0.166 e. The highest BCUT2D eigenvalue weighted by Gasteiger charge is 2.20. The molecular weight excluding hydrogens is 613 g/mol. The van der Waals surface area contributed by atoms with Crippen molar-refractivity contribution in [1.82, 2.24) is 19.5 Å². The molecule has 0 saturated heterocycles. The average molecular weight is 641 g/mol. The van der Waals surface area contributed by atoms with E-state index in [-0.39, 0.29) is 0 Å². The fourth-order valence-electron chi connectivity index (χ4n) is 7.11. The molecule has 10 rings (SSSR count). The Kier molecular flexibility index (Phi) is 6.42. The van der Waals surface area contributed by atoms with Crippen molar-refractivity contribution in [3.05, 3.63) is 170 Å². The maximum absolute atomic E-state index is 6.50. The summed E-state index contributed by atoms with van der Waals surface area (Å²) >= 11 is 0. The van der Waals surface area contributed by atoms with Crippen molar-refractivity contribution in [3.8, 4) is 51.0 Å². The molecule has 3 heterocycles. The van der Waals surface area contributed by atoms with Crippen LogP contribution in [0.25, 0.3) is 94.7 Å². The van der Waals surface area contributed by atoms with E-state index in [1.54, 1.807) is 0 Å². The number of para-hydroxylation sites is 2. The van der Waals surface area contributed by atoms with Crippen LogP contribution in [0, 0.1) is 0 Å². The third-order valence-corrected chi connectivity index (χ3v) is 9.46. The van der Waals surface area contributed by atoms with Crippen molar-refractivity contribution in [3.63, 3.8) is 0 Å². The normalized spacial score (nSPS) is 11.6. The molecule has 0 radical (unpaired) electrons. The Morgan fingerprint density at radius 2 is 1.00 bits per heavy atom. The smallest absolute Gasteiger partial charge is 0.166 e. The molecular formula is C45H28N4O. The Labute approximate surface area is 287 Å². The summed E-state index contributed by atoms with van der Waals surface area (Å²) in [6.45, 7) is 0. The number of fused-ring (bicyclic) bond motifs is 6. The van der Waals surface area contributed by atoms with Gasteiger partial charge in [-0.2, -0.15) is 0 Å². The molecule has 0 aliphatic heterocycles. The maximum atomic E-state index is 6.50. The molecule has 0 atom stereocenters. The van der Waals surface area contributed by atoms with Crippen LogP contribution in [0.5, 0.6) is 0 Å². The van der Waals surface area contributed by atoms with Gasteiger partial charge in [0, 0.05) is 50.0 Å². The van der Waals surface area contributed by atoms with E-state index in [1.807, 2.05) is 66.7 Å². The van der Waals surface area contributed by atoms with Crippen molar-refractivity contribution in [2.24, 2.45) is 0 Å². The van der Waals surface area contributed by atoms with Crippen LogP contribution < -0.4 is 0 Å². The van der Waals surface area contributed by atoms with Crippen LogP contribution in [0.2, 0.25) is 0 Å². The molecule has 0 N–H and O–H groups in total. The minimum absolute atomic E-state index is 0.616. The summed E-state index contributed by atoms with van der Waals surface area (Å²) < 4.78 is 8.82. The van der Waals surface area contributed by atoms with Crippen LogP contribution in [0.4, 0.5) is 0 Å². The third-order valence-electron chi connectivity index (χ3n) is 9.46. The fourth-order valence-corrected chi connectivity index (χ4v) is 7.11. The van der Waals surface area contributed by atoms with Gasteiger partial charge >= 0.3 is 0 Å². The van der Waals surface area contributed by atoms with Crippen LogP contribution in [0.15, 0.2) is 174 Å². The Balaban J connectivity index is 1.21. The first-order chi connectivity index (χ1) is 24.8. The first-order valence-electron chi connectivity index (χ1n) is 16.7. The van der Waals surface area contributed by atoms with Gasteiger partial charge < -0.3 is 8.98 Å². The lowest BCUT2D eigenvalue weighted by Crippen LogP contribution is -2.02. The predicted octanol–water partition coefficient (Wildman–Crippen LogP) is 11.5. The molecule has 7 aromatic carbocycles. The first kappa shape index (κ1) is 28.2. The number of benzene rings is 7. The van der Waals surface area contributed by atoms with Gasteiger partial charge in [-0.25, -0.2) is 15.0 Å². The predicted molar refractivity (Wildman–Crippen MR) is 203 cm³/mol. The van der Waals surface area contributed by atoms with E-state index < -0.39 is 0 Å². The molecule has 0 bridgehead atoms. The highest BCUT2D eigenvalue weighted by molar-refractivity contribution is 6.14. The van der Waals surface area contributed by atoms with Crippen LogP contribution in [0.1, 0.15) is 0 Å². The molecule has 5 nitrogen and oxygen atoms in total. The molecule has 0 aliphatic carbocycles. The molecule has 10 aromatic rings. The van der Waals surface area contributed by atoms with Crippen molar-refractivity contribution >= 4 is 43.7 Å². The zero-order valence-corrected chi connectivity index (χ0v) is 26.9. The quantitative estimate of drug-likeness (QED) is 0.188. The van der Waals surface area contributed by atoms with E-state index in [4.69, 9.17) is 19.4 Å². The summed E-state index contributed by atoms with van der Waals surface area (Å²) in [6.07, 6.45) is 0. The molecule has 0 unspecified atom stereocenters. The van der Waals surface area contributed by atoms with Crippen molar-refractivity contribution in [1.29, 1.82) is 0 Å². The summed E-state index contributed by atoms with van der Waals surface area (Å²) in [5.74, 6) is 1.88. The lowest BCUT2D eigenvalue weighted by atomic mass is 10.0. The summed E-state index contributed by atoms with van der Waals surface area (Å²) in [5.41, 5.74) is 9.97. The van der Waals surface area contributed by atoms with Crippen LogP contribution in [-0.4, -0.2) is 19.5 Å². The number of rotatable bonds is 5. The number of aromatic nitrogens is 4. The van der Waals surface area contributed by atoms with E-state index in [9.17, 15) is 0 Å². The van der Waals surface area contributed by atoms with Gasteiger partial charge in [0.1, 0.15) is 11.2 Å². The standard InChI is InChI=1S/C45H28N4O/c1-4-13-29(14-5-1)32-23-26-40-38(27-32)35-25-24-33(28-41(35)50-40)49-39-22-11-10-19-34(39)36-20-12-21-37(42(36)49)45-47-43(30-15-6-2-7-16-30)46-44(48-45)31-17-8-3-9-18-31/h1-28H. The molecule has 5 heteroatoms. The van der Waals surface area contributed by atoms with Crippen molar-refractivity contribution in [2.75, 3.05) is 0 Å². The topological polar surface area (TPSA) is 56.7 Å². The fraction of sp³-hybridized carbons (Fsp3) is 0. The Hall–Kier alpha value is -6.85. The van der Waals surface area contributed by atoms with E-state index in [2.05, 4.69) is 108 Å². The van der Waals surface area contributed by atoms with Gasteiger partial charge in [0.25, 0.3) is 0 Å². The van der Waals surface area contributed by atoms with E-state index in [0.29, 0.717) is 17.5 Å². The minimum atomic E-state index is 0.616. The summed E-state index contributed by atoms with van der Waals surface area (Å²) in [6, 6.07) is 58.5. The zero-order chi connectivity index (χ0) is 33.0. The van der Waals surface area contributed by atoms with Gasteiger partial charge in [-0.3, -0.25) is 0 Å². The van der Waals surface area contributed by atoms with Crippen LogP contribution in [0.3, 0.4) is 0 Å². The van der Waals surface area contributed by atoms with Crippen LogP contribution in [-0.2, 0) is 0 Å². The van der Waals surface area contributed by atoms with Gasteiger partial charge in [-0.05, 0) is 47.5 Å². The monoisotopic (exact) mass is 640 g/mol. The van der Waals surface area contributed by atoms with Gasteiger partial charge in [-0.15, -0.1) is 0 Å². The van der Waals surface area contributed by atoms with E-state index in [1.165, 1.54) is 11.1 Å². The Bertz CT molecular complexity index is 2800. The lowest BCUT2D eigenvalue weighted by Gasteiger charge is -2.12. The minimum Gasteiger partial charge on any atom is -0.456 e. The molecule has 0 amide bonds. The number of furan rings is 1. The third kappa shape index (κ3) is 4.60. The van der Waals surface area contributed by atoms with Gasteiger partial charge in [-0.1, -0.05) is 127 Å². The van der Waals surface area contributed by atoms with Crippen LogP contribution >= 0.6 is 0 Å². The largest absolute Gasteiger partial charge is 0.456 e. The van der Waals surface area contributed by atoms with Gasteiger partial charge in [0.15, 0.2) is 17.5 Å². The Morgan fingerprint density at radius 3 is 1.72 bits per heavy atom. The Morgan fingerprint density at radius 1 is 0.380 bits per heavy atom. The SMILES string of the molecule is c1ccc(-c2ccc3oc4cc(-n5c6ccccc6c6cccc(-c7nc(-c8ccccc8)nc(-c8ccccc8)n7)c65)ccc4c3c2)cc1. The second kappa shape index (κ2) is 11.4. The second-order valence-corrected chi connectivity index (χ2v) is 12.5. The van der Waals surface area contributed by atoms with Gasteiger partial charge in [0.2, 0.25) is 0 Å². The number of nitrogens with zero attached hydrogens (tertiary/aromatic N) is 4. The lowest BCUT2D eigenvalue weighted by molar-refractivity contribution is 0.668.